The summed E-state index contributed by atoms with van der Waals surface area (Å²) in [6, 6.07) is 7.59. The minimum Gasteiger partial charge on any atom is -0.354 e. The highest BCUT2D eigenvalue weighted by atomic mass is 32.2. The Morgan fingerprint density at radius 1 is 1.10 bits per heavy atom. The summed E-state index contributed by atoms with van der Waals surface area (Å²) in [5, 5.41) is 4.46. The average molecular weight is 430 g/mol. The molecule has 8 nitrogen and oxygen atoms in total. The highest BCUT2D eigenvalue weighted by molar-refractivity contribution is 7.99. The standard InChI is InChI=1S/C21H31N7OS/c22-18(21(29)27-15-16-30-17-27)5-2-4-10-25-11-13-26(14-12-25)20-7-9-24-28(20)19-6-1-3-8-23-19/h1,3,6-9,18H,2,4-5,10-17,22H2/t18-/m0/s1. The molecule has 0 spiro atoms. The van der Waals surface area contributed by atoms with Crippen molar-refractivity contribution in [2.45, 2.75) is 25.3 Å². The number of piperazine rings is 1. The van der Waals surface area contributed by atoms with Crippen molar-refractivity contribution in [1.29, 1.82) is 0 Å². The molecule has 2 saturated heterocycles. The lowest BCUT2D eigenvalue weighted by molar-refractivity contribution is -0.131. The fourth-order valence-electron chi connectivity index (χ4n) is 4.04. The van der Waals surface area contributed by atoms with Crippen molar-refractivity contribution >= 4 is 23.5 Å². The number of pyridine rings is 1. The summed E-state index contributed by atoms with van der Waals surface area (Å²) < 4.78 is 1.91. The van der Waals surface area contributed by atoms with Crippen molar-refractivity contribution in [2.75, 3.05) is 55.8 Å². The molecule has 4 heterocycles. The highest BCUT2D eigenvalue weighted by Crippen LogP contribution is 2.20. The number of carbonyl (C=O) groups is 1. The van der Waals surface area contributed by atoms with Crippen LogP contribution in [0, 0.1) is 0 Å². The third kappa shape index (κ3) is 5.14. The number of anilines is 1. The van der Waals surface area contributed by atoms with Gasteiger partial charge in [0.1, 0.15) is 5.82 Å². The van der Waals surface area contributed by atoms with E-state index in [1.807, 2.05) is 34.0 Å². The molecular weight excluding hydrogens is 398 g/mol. The minimum absolute atomic E-state index is 0.123. The quantitative estimate of drug-likeness (QED) is 0.636. The van der Waals surface area contributed by atoms with Crippen LogP contribution in [0.2, 0.25) is 0 Å². The molecular formula is C21H31N7OS. The van der Waals surface area contributed by atoms with Crippen LogP contribution in [0.15, 0.2) is 36.7 Å². The van der Waals surface area contributed by atoms with Crippen molar-refractivity contribution in [3.8, 4) is 5.82 Å². The molecule has 0 saturated carbocycles. The van der Waals surface area contributed by atoms with Crippen LogP contribution in [0.5, 0.6) is 0 Å². The van der Waals surface area contributed by atoms with Gasteiger partial charge in [-0.3, -0.25) is 9.69 Å². The minimum atomic E-state index is -0.340. The summed E-state index contributed by atoms with van der Waals surface area (Å²) in [5.41, 5.74) is 6.12. The van der Waals surface area contributed by atoms with Gasteiger partial charge in [0, 0.05) is 50.7 Å². The van der Waals surface area contributed by atoms with Gasteiger partial charge < -0.3 is 15.5 Å². The maximum Gasteiger partial charge on any atom is 0.240 e. The Hall–Kier alpha value is -2.10. The van der Waals surface area contributed by atoms with Gasteiger partial charge in [-0.25, -0.2) is 4.98 Å². The Balaban J connectivity index is 1.18. The van der Waals surface area contributed by atoms with Gasteiger partial charge in [-0.05, 0) is 31.5 Å². The van der Waals surface area contributed by atoms with Crippen molar-refractivity contribution in [1.82, 2.24) is 24.6 Å². The summed E-state index contributed by atoms with van der Waals surface area (Å²) in [6.07, 6.45) is 6.50. The summed E-state index contributed by atoms with van der Waals surface area (Å²) in [4.78, 5) is 23.5. The lowest BCUT2D eigenvalue weighted by Gasteiger charge is -2.36. The van der Waals surface area contributed by atoms with Crippen molar-refractivity contribution in [3.63, 3.8) is 0 Å². The Morgan fingerprint density at radius 3 is 2.70 bits per heavy atom. The van der Waals surface area contributed by atoms with Crippen LogP contribution >= 0.6 is 11.8 Å². The Bertz CT molecular complexity index is 801. The summed E-state index contributed by atoms with van der Waals surface area (Å²) in [7, 11) is 0. The molecule has 2 aromatic heterocycles. The van der Waals surface area contributed by atoms with Gasteiger partial charge in [-0.15, -0.1) is 11.8 Å². The summed E-state index contributed by atoms with van der Waals surface area (Å²) >= 11 is 1.80. The van der Waals surface area contributed by atoms with E-state index >= 15 is 0 Å². The molecule has 0 bridgehead atoms. The van der Waals surface area contributed by atoms with Gasteiger partial charge in [-0.2, -0.15) is 9.78 Å². The fraction of sp³-hybridized carbons (Fsp3) is 0.571. The molecule has 1 amide bonds. The van der Waals surface area contributed by atoms with E-state index in [0.717, 1.165) is 81.8 Å². The maximum atomic E-state index is 12.3. The molecule has 2 aliphatic rings. The molecule has 2 N–H and O–H groups in total. The fourth-order valence-corrected chi connectivity index (χ4v) is 4.99. The van der Waals surface area contributed by atoms with Gasteiger partial charge >= 0.3 is 0 Å². The van der Waals surface area contributed by atoms with Crippen LogP contribution in [0.4, 0.5) is 5.82 Å². The largest absolute Gasteiger partial charge is 0.354 e. The molecule has 0 unspecified atom stereocenters. The Morgan fingerprint density at radius 2 is 1.97 bits per heavy atom. The van der Waals surface area contributed by atoms with Crippen molar-refractivity contribution in [3.05, 3.63) is 36.7 Å². The molecule has 2 aliphatic heterocycles. The Labute approximate surface area is 182 Å². The van der Waals surface area contributed by atoms with E-state index in [1.54, 1.807) is 18.0 Å². The molecule has 0 radical (unpaired) electrons. The zero-order valence-corrected chi connectivity index (χ0v) is 18.2. The predicted molar refractivity (Wildman–Crippen MR) is 121 cm³/mol. The molecule has 2 aromatic rings. The first-order chi connectivity index (χ1) is 14.7. The van der Waals surface area contributed by atoms with Crippen LogP contribution in [0.1, 0.15) is 19.3 Å². The van der Waals surface area contributed by atoms with E-state index in [4.69, 9.17) is 5.73 Å². The average Bonchev–Trinajstić information content (AvgIpc) is 3.49. The molecule has 1 atom stereocenters. The number of hydrogen-bond acceptors (Lipinski definition) is 7. The van der Waals surface area contributed by atoms with Crippen LogP contribution in [-0.4, -0.2) is 87.4 Å². The van der Waals surface area contributed by atoms with Crippen molar-refractivity contribution < 1.29 is 4.79 Å². The SMILES string of the molecule is N[C@@H](CCCCN1CCN(c2ccnn2-c2ccccn2)CC1)C(=O)N1CCSC1. The van der Waals surface area contributed by atoms with Gasteiger partial charge in [-0.1, -0.05) is 12.5 Å². The number of nitrogens with zero attached hydrogens (tertiary/aromatic N) is 6. The second-order valence-electron chi connectivity index (χ2n) is 7.86. The summed E-state index contributed by atoms with van der Waals surface area (Å²) in [6.45, 7) is 5.92. The smallest absolute Gasteiger partial charge is 0.240 e. The second kappa shape index (κ2) is 10.3. The number of carbonyl (C=O) groups excluding carboxylic acids is 1. The highest BCUT2D eigenvalue weighted by Gasteiger charge is 2.24. The van der Waals surface area contributed by atoms with E-state index in [0.29, 0.717) is 0 Å². The lowest BCUT2D eigenvalue weighted by Crippen LogP contribution is -2.47. The Kier molecular flexibility index (Phi) is 7.24. The summed E-state index contributed by atoms with van der Waals surface area (Å²) in [5.74, 6) is 3.90. The zero-order valence-electron chi connectivity index (χ0n) is 17.4. The third-order valence-electron chi connectivity index (χ3n) is 5.81. The number of rotatable bonds is 8. The number of hydrogen-bond donors (Lipinski definition) is 1. The van der Waals surface area contributed by atoms with Gasteiger partial charge in [0.2, 0.25) is 5.91 Å². The zero-order chi connectivity index (χ0) is 20.8. The molecule has 30 heavy (non-hydrogen) atoms. The van der Waals surface area contributed by atoms with E-state index in [1.165, 1.54) is 0 Å². The topological polar surface area (TPSA) is 83.5 Å². The molecule has 0 aliphatic carbocycles. The van der Waals surface area contributed by atoms with E-state index in [9.17, 15) is 4.79 Å². The van der Waals surface area contributed by atoms with E-state index in [2.05, 4.69) is 25.9 Å². The van der Waals surface area contributed by atoms with E-state index < -0.39 is 0 Å². The molecule has 2 fully saturated rings. The van der Waals surface area contributed by atoms with Crippen LogP contribution in [0.25, 0.3) is 5.82 Å². The first kappa shape index (κ1) is 21.1. The van der Waals surface area contributed by atoms with Gasteiger partial charge in [0.25, 0.3) is 0 Å². The second-order valence-corrected chi connectivity index (χ2v) is 8.93. The monoisotopic (exact) mass is 429 g/mol. The number of thioether (sulfide) groups is 1. The van der Waals surface area contributed by atoms with E-state index in [-0.39, 0.29) is 11.9 Å². The normalized spacial score (nSPS) is 18.7. The number of nitrogens with two attached hydrogens (primary N) is 1. The lowest BCUT2D eigenvalue weighted by atomic mass is 10.1. The number of aromatic nitrogens is 3. The van der Waals surface area contributed by atoms with Gasteiger partial charge in [0.05, 0.1) is 18.1 Å². The van der Waals surface area contributed by atoms with Crippen LogP contribution in [0.3, 0.4) is 0 Å². The van der Waals surface area contributed by atoms with Crippen molar-refractivity contribution in [2.24, 2.45) is 5.73 Å². The molecule has 0 aromatic carbocycles. The number of amides is 1. The predicted octanol–water partition coefficient (Wildman–Crippen LogP) is 1.42. The first-order valence-corrected chi connectivity index (χ1v) is 11.9. The molecule has 9 heteroatoms. The van der Waals surface area contributed by atoms with Crippen LogP contribution in [-0.2, 0) is 4.79 Å². The molecule has 162 valence electrons. The van der Waals surface area contributed by atoms with Crippen LogP contribution < -0.4 is 10.6 Å². The molecule has 4 rings (SSSR count). The third-order valence-corrected chi connectivity index (χ3v) is 6.77. The maximum absolute atomic E-state index is 12.3. The first-order valence-electron chi connectivity index (χ1n) is 10.8. The number of unbranched alkanes of at least 4 members (excludes halogenated alkanes) is 1. The van der Waals surface area contributed by atoms with Gasteiger partial charge in [0.15, 0.2) is 5.82 Å².